The summed E-state index contributed by atoms with van der Waals surface area (Å²) in [7, 11) is 1.31. The van der Waals surface area contributed by atoms with Crippen molar-refractivity contribution in [1.29, 1.82) is 0 Å². The first-order chi connectivity index (χ1) is 10.7. The van der Waals surface area contributed by atoms with Crippen LogP contribution in [0, 0.1) is 5.92 Å². The third-order valence-electron chi connectivity index (χ3n) is 3.76. The van der Waals surface area contributed by atoms with Gasteiger partial charge in [0.1, 0.15) is 12.9 Å². The quantitative estimate of drug-likeness (QED) is 0.626. The van der Waals surface area contributed by atoms with Crippen LogP contribution in [0.2, 0.25) is 0 Å². The van der Waals surface area contributed by atoms with Crippen molar-refractivity contribution in [3.63, 3.8) is 0 Å². The minimum Gasteiger partial charge on any atom is -0.469 e. The number of esters is 1. The standard InChI is InChI=1S/C16H19NO5/c1-21-15(19)13-7-8-14(10-18)17(9-13)16(20)22-11-12-5-3-2-4-6-12/h2-6,10,13-14H,7-9,11H2,1H3/t13-,14+/m1/s1. The van der Waals surface area contributed by atoms with E-state index in [9.17, 15) is 14.4 Å². The van der Waals surface area contributed by atoms with E-state index in [1.54, 1.807) is 0 Å². The molecule has 1 aliphatic rings. The number of hydrogen-bond donors (Lipinski definition) is 0. The maximum Gasteiger partial charge on any atom is 0.410 e. The molecule has 2 rings (SSSR count). The average Bonchev–Trinajstić information content (AvgIpc) is 2.59. The summed E-state index contributed by atoms with van der Waals surface area (Å²) in [6.07, 6.45) is 1.09. The van der Waals surface area contributed by atoms with Gasteiger partial charge in [0.15, 0.2) is 0 Å². The number of rotatable bonds is 4. The predicted molar refractivity (Wildman–Crippen MR) is 77.9 cm³/mol. The first-order valence-corrected chi connectivity index (χ1v) is 7.16. The van der Waals surface area contributed by atoms with E-state index in [0.29, 0.717) is 12.8 Å². The van der Waals surface area contributed by atoms with Crippen LogP contribution in [-0.4, -0.2) is 42.9 Å². The van der Waals surface area contributed by atoms with Gasteiger partial charge in [-0.3, -0.25) is 9.69 Å². The van der Waals surface area contributed by atoms with Crippen LogP contribution in [0.3, 0.4) is 0 Å². The number of ether oxygens (including phenoxy) is 2. The highest BCUT2D eigenvalue weighted by Gasteiger charge is 2.35. The SMILES string of the molecule is COC(=O)[C@@H]1CC[C@@H](C=O)N(C(=O)OCc2ccccc2)C1. The van der Waals surface area contributed by atoms with Crippen molar-refractivity contribution in [2.24, 2.45) is 5.92 Å². The maximum atomic E-state index is 12.2. The molecule has 1 heterocycles. The van der Waals surface area contributed by atoms with Crippen LogP contribution in [0.4, 0.5) is 4.79 Å². The van der Waals surface area contributed by atoms with E-state index in [-0.39, 0.29) is 19.1 Å². The van der Waals surface area contributed by atoms with Gasteiger partial charge >= 0.3 is 12.1 Å². The second kappa shape index (κ2) is 7.59. The molecule has 0 bridgehead atoms. The molecule has 0 N–H and O–H groups in total. The third kappa shape index (κ3) is 3.84. The van der Waals surface area contributed by atoms with Crippen LogP contribution in [0.5, 0.6) is 0 Å². The van der Waals surface area contributed by atoms with E-state index < -0.39 is 18.1 Å². The predicted octanol–water partition coefficient (Wildman–Crippen LogP) is 1.78. The molecule has 1 saturated heterocycles. The molecular weight excluding hydrogens is 286 g/mol. The Hall–Kier alpha value is -2.37. The summed E-state index contributed by atoms with van der Waals surface area (Å²) in [5, 5.41) is 0. The third-order valence-corrected chi connectivity index (χ3v) is 3.76. The van der Waals surface area contributed by atoms with Gasteiger partial charge in [0.2, 0.25) is 0 Å². The summed E-state index contributed by atoms with van der Waals surface area (Å²) in [5.41, 5.74) is 0.861. The van der Waals surface area contributed by atoms with Gasteiger partial charge in [0, 0.05) is 6.54 Å². The van der Waals surface area contributed by atoms with E-state index in [2.05, 4.69) is 0 Å². The van der Waals surface area contributed by atoms with Gasteiger partial charge in [-0.2, -0.15) is 0 Å². The number of aldehydes is 1. The molecule has 1 aromatic carbocycles. The fourth-order valence-corrected chi connectivity index (χ4v) is 2.50. The van der Waals surface area contributed by atoms with Gasteiger partial charge in [0.25, 0.3) is 0 Å². The van der Waals surface area contributed by atoms with Crippen LogP contribution >= 0.6 is 0 Å². The number of carbonyl (C=O) groups is 3. The molecule has 2 atom stereocenters. The zero-order valence-corrected chi connectivity index (χ0v) is 12.4. The van der Waals surface area contributed by atoms with Crippen LogP contribution in [-0.2, 0) is 25.7 Å². The van der Waals surface area contributed by atoms with Crippen LogP contribution in [0.1, 0.15) is 18.4 Å². The number of piperidine rings is 1. The fraction of sp³-hybridized carbons (Fsp3) is 0.438. The van der Waals surface area contributed by atoms with Crippen molar-refractivity contribution in [3.8, 4) is 0 Å². The van der Waals surface area contributed by atoms with Gasteiger partial charge in [-0.05, 0) is 18.4 Å². The Kier molecular flexibility index (Phi) is 5.52. The van der Waals surface area contributed by atoms with Gasteiger partial charge in [-0.15, -0.1) is 0 Å². The Morgan fingerprint density at radius 2 is 2.00 bits per heavy atom. The Morgan fingerprint density at radius 3 is 2.64 bits per heavy atom. The highest BCUT2D eigenvalue weighted by Crippen LogP contribution is 2.23. The molecular formula is C16H19NO5. The van der Waals surface area contributed by atoms with Crippen molar-refractivity contribution >= 4 is 18.3 Å². The Bertz CT molecular complexity index is 531. The molecule has 0 aliphatic carbocycles. The first kappa shape index (κ1) is 16.0. The molecule has 22 heavy (non-hydrogen) atoms. The number of nitrogens with zero attached hydrogens (tertiary/aromatic N) is 1. The molecule has 0 spiro atoms. The fourth-order valence-electron chi connectivity index (χ4n) is 2.50. The lowest BCUT2D eigenvalue weighted by molar-refractivity contribution is -0.148. The Balaban J connectivity index is 1.98. The number of benzene rings is 1. The highest BCUT2D eigenvalue weighted by molar-refractivity contribution is 5.77. The van der Waals surface area contributed by atoms with E-state index in [0.717, 1.165) is 11.8 Å². The smallest absolute Gasteiger partial charge is 0.410 e. The van der Waals surface area contributed by atoms with Crippen LogP contribution < -0.4 is 0 Å². The lowest BCUT2D eigenvalue weighted by Crippen LogP contribution is -2.49. The molecule has 6 heteroatoms. The van der Waals surface area contributed by atoms with Gasteiger partial charge in [-0.25, -0.2) is 4.79 Å². The van der Waals surface area contributed by atoms with Crippen molar-refractivity contribution in [2.75, 3.05) is 13.7 Å². The summed E-state index contributed by atoms with van der Waals surface area (Å²) in [6.45, 7) is 0.272. The molecule has 1 fully saturated rings. The van der Waals surface area contributed by atoms with E-state index >= 15 is 0 Å². The van der Waals surface area contributed by atoms with Crippen molar-refractivity contribution in [1.82, 2.24) is 4.90 Å². The van der Waals surface area contributed by atoms with E-state index in [1.165, 1.54) is 12.0 Å². The molecule has 1 aliphatic heterocycles. The van der Waals surface area contributed by atoms with Gasteiger partial charge in [-0.1, -0.05) is 30.3 Å². The molecule has 6 nitrogen and oxygen atoms in total. The second-order valence-electron chi connectivity index (χ2n) is 5.19. The molecule has 1 amide bonds. The Morgan fingerprint density at radius 1 is 1.27 bits per heavy atom. The minimum atomic E-state index is -0.588. The monoisotopic (exact) mass is 305 g/mol. The van der Waals surface area contributed by atoms with Crippen molar-refractivity contribution in [2.45, 2.75) is 25.5 Å². The first-order valence-electron chi connectivity index (χ1n) is 7.16. The molecule has 1 aromatic rings. The Labute approximate surface area is 129 Å². The average molecular weight is 305 g/mol. The molecule has 0 radical (unpaired) electrons. The number of amides is 1. The summed E-state index contributed by atoms with van der Waals surface area (Å²) in [4.78, 5) is 36.2. The van der Waals surface area contributed by atoms with Crippen molar-refractivity contribution in [3.05, 3.63) is 35.9 Å². The largest absolute Gasteiger partial charge is 0.469 e. The number of carbonyl (C=O) groups excluding carboxylic acids is 3. The normalized spacial score (nSPS) is 21.0. The number of hydrogen-bond acceptors (Lipinski definition) is 5. The summed E-state index contributed by atoms with van der Waals surface area (Å²) < 4.78 is 9.95. The second-order valence-corrected chi connectivity index (χ2v) is 5.19. The van der Waals surface area contributed by atoms with Crippen LogP contribution in [0.25, 0.3) is 0 Å². The number of methoxy groups -OCH3 is 1. The lowest BCUT2D eigenvalue weighted by atomic mass is 9.94. The molecule has 118 valence electrons. The topological polar surface area (TPSA) is 72.9 Å². The minimum absolute atomic E-state index is 0.130. The van der Waals surface area contributed by atoms with Gasteiger partial charge in [0.05, 0.1) is 19.1 Å². The highest BCUT2D eigenvalue weighted by atomic mass is 16.6. The maximum absolute atomic E-state index is 12.2. The van der Waals surface area contributed by atoms with E-state index in [4.69, 9.17) is 9.47 Å². The number of likely N-dealkylation sites (tertiary alicyclic amines) is 1. The molecule has 0 saturated carbocycles. The van der Waals surface area contributed by atoms with Crippen molar-refractivity contribution < 1.29 is 23.9 Å². The summed E-state index contributed by atoms with van der Waals surface area (Å²) in [5.74, 6) is -0.782. The summed E-state index contributed by atoms with van der Waals surface area (Å²) >= 11 is 0. The van der Waals surface area contributed by atoms with Gasteiger partial charge < -0.3 is 14.3 Å². The zero-order valence-electron chi connectivity index (χ0n) is 12.4. The molecule has 0 aromatic heterocycles. The summed E-state index contributed by atoms with van der Waals surface area (Å²) in [6, 6.07) is 8.72. The van der Waals surface area contributed by atoms with E-state index in [1.807, 2.05) is 30.3 Å². The zero-order chi connectivity index (χ0) is 15.9. The lowest BCUT2D eigenvalue weighted by Gasteiger charge is -2.35. The van der Waals surface area contributed by atoms with Crippen LogP contribution in [0.15, 0.2) is 30.3 Å². The molecule has 0 unspecified atom stereocenters.